The van der Waals surface area contributed by atoms with Gasteiger partial charge in [0, 0.05) is 0 Å². The first-order chi connectivity index (χ1) is 5.16. The molecule has 0 fully saturated rings. The normalized spacial score (nSPS) is 9.36. The monoisotopic (exact) mass is 160 g/mol. The van der Waals surface area contributed by atoms with Crippen LogP contribution in [0.1, 0.15) is 19.8 Å². The number of hydrogen-bond acceptors (Lipinski definition) is 4. The molecule has 2 N–H and O–H groups in total. The molecule has 0 saturated carbocycles. The van der Waals surface area contributed by atoms with E-state index in [4.69, 9.17) is 10.0 Å². The number of esters is 1. The van der Waals surface area contributed by atoms with Gasteiger partial charge in [-0.25, -0.2) is 0 Å². The molecule has 11 heavy (non-hydrogen) atoms. The fourth-order valence-electron chi connectivity index (χ4n) is 0.538. The second-order valence-electron chi connectivity index (χ2n) is 2.26. The van der Waals surface area contributed by atoms with Crippen LogP contribution in [0.4, 0.5) is 0 Å². The van der Waals surface area contributed by atoms with Crippen molar-refractivity contribution in [1.82, 2.24) is 0 Å². The van der Waals surface area contributed by atoms with Crippen LogP contribution in [0.25, 0.3) is 0 Å². The van der Waals surface area contributed by atoms with Crippen LogP contribution in [-0.2, 0) is 9.53 Å². The van der Waals surface area contributed by atoms with Crippen molar-refractivity contribution in [3.8, 4) is 0 Å². The van der Waals surface area contributed by atoms with Crippen LogP contribution in [0, 0.1) is 0 Å². The molecule has 0 amide bonds. The van der Waals surface area contributed by atoms with E-state index >= 15 is 0 Å². The van der Waals surface area contributed by atoms with Gasteiger partial charge in [-0.05, 0) is 6.42 Å². The number of rotatable bonds is 5. The van der Waals surface area contributed by atoms with Gasteiger partial charge in [-0.3, -0.25) is 4.79 Å². The van der Waals surface area contributed by atoms with Crippen molar-refractivity contribution in [3.05, 3.63) is 0 Å². The van der Waals surface area contributed by atoms with Crippen LogP contribution in [0.2, 0.25) is 6.32 Å². The average Bonchev–Trinajstić information content (AvgIpc) is 1.86. The van der Waals surface area contributed by atoms with Gasteiger partial charge in [0.25, 0.3) is 0 Å². The van der Waals surface area contributed by atoms with Crippen LogP contribution in [-0.4, -0.2) is 29.7 Å². The highest BCUT2D eigenvalue weighted by Gasteiger charge is 2.13. The first-order valence-corrected chi connectivity index (χ1v) is 3.68. The Hall–Kier alpha value is -0.545. The second kappa shape index (κ2) is 6.18. The summed E-state index contributed by atoms with van der Waals surface area (Å²) in [5.41, 5.74) is 0. The van der Waals surface area contributed by atoms with Crippen molar-refractivity contribution in [2.24, 2.45) is 0 Å². The zero-order valence-electron chi connectivity index (χ0n) is 6.62. The molecule has 0 rings (SSSR count). The summed E-state index contributed by atoms with van der Waals surface area (Å²) in [4.78, 5) is 10.6. The zero-order chi connectivity index (χ0) is 8.69. The van der Waals surface area contributed by atoms with Crippen molar-refractivity contribution >= 4 is 13.1 Å². The molecule has 5 heteroatoms. The van der Waals surface area contributed by atoms with E-state index in [0.717, 1.165) is 12.8 Å². The molecule has 0 aromatic rings. The van der Waals surface area contributed by atoms with Gasteiger partial charge >= 0.3 is 13.1 Å². The van der Waals surface area contributed by atoms with Gasteiger partial charge in [0.1, 0.15) is 0 Å². The smallest absolute Gasteiger partial charge is 0.463 e. The number of hydrogen-bond donors (Lipinski definition) is 2. The van der Waals surface area contributed by atoms with Crippen LogP contribution in [0.3, 0.4) is 0 Å². The van der Waals surface area contributed by atoms with E-state index in [2.05, 4.69) is 4.74 Å². The predicted molar refractivity (Wildman–Crippen MR) is 40.9 cm³/mol. The molecular weight excluding hydrogens is 147 g/mol. The summed E-state index contributed by atoms with van der Waals surface area (Å²) >= 11 is 0. The number of ether oxygens (including phenoxy) is 1. The van der Waals surface area contributed by atoms with Crippen molar-refractivity contribution in [2.75, 3.05) is 6.61 Å². The maximum atomic E-state index is 10.6. The Morgan fingerprint density at radius 1 is 1.55 bits per heavy atom. The largest absolute Gasteiger partial charge is 0.466 e. The maximum Gasteiger partial charge on any atom is 0.463 e. The molecule has 0 unspecified atom stereocenters. The Balaban J connectivity index is 3.23. The van der Waals surface area contributed by atoms with E-state index in [-0.39, 0.29) is 6.32 Å². The molecule has 0 radical (unpaired) electrons. The van der Waals surface area contributed by atoms with Crippen molar-refractivity contribution in [3.63, 3.8) is 0 Å². The highest BCUT2D eigenvalue weighted by Crippen LogP contribution is 1.93. The zero-order valence-corrected chi connectivity index (χ0v) is 6.62. The molecule has 0 atom stereocenters. The Morgan fingerprint density at radius 3 is 2.64 bits per heavy atom. The molecule has 0 aliphatic rings. The van der Waals surface area contributed by atoms with Crippen LogP contribution >= 0.6 is 0 Å². The third kappa shape index (κ3) is 7.35. The summed E-state index contributed by atoms with van der Waals surface area (Å²) in [7, 11) is -1.59. The van der Waals surface area contributed by atoms with Gasteiger partial charge in [-0.1, -0.05) is 13.3 Å². The van der Waals surface area contributed by atoms with Gasteiger partial charge in [0.15, 0.2) is 0 Å². The Morgan fingerprint density at radius 2 is 2.18 bits per heavy atom. The van der Waals surface area contributed by atoms with Crippen LogP contribution in [0.15, 0.2) is 0 Å². The van der Waals surface area contributed by atoms with E-state index in [9.17, 15) is 4.79 Å². The summed E-state index contributed by atoms with van der Waals surface area (Å²) in [5, 5.41) is 16.7. The molecule has 0 aliphatic heterocycles. The molecule has 0 spiro atoms. The minimum Gasteiger partial charge on any atom is -0.466 e. The Bertz CT molecular complexity index is 115. The number of carbonyl (C=O) groups excluding carboxylic acids is 1. The summed E-state index contributed by atoms with van der Waals surface area (Å²) in [6, 6.07) is 0. The maximum absolute atomic E-state index is 10.6. The Labute approximate surface area is 66.3 Å². The molecule has 0 heterocycles. The standard InChI is InChI=1S/C6H13BO4/c1-2-3-4-11-6(8)5-7(9)10/h9-10H,2-5H2,1H3. The molecule has 0 aromatic carbocycles. The van der Waals surface area contributed by atoms with Crippen molar-refractivity contribution in [1.29, 1.82) is 0 Å². The molecular formula is C6H13BO4. The number of unbranched alkanes of at least 4 members (excludes halogenated alkanes) is 1. The predicted octanol–water partition coefficient (Wildman–Crippen LogP) is -0.197. The second-order valence-corrected chi connectivity index (χ2v) is 2.26. The number of carbonyl (C=O) groups is 1. The lowest BCUT2D eigenvalue weighted by molar-refractivity contribution is -0.141. The highest BCUT2D eigenvalue weighted by atomic mass is 16.5. The minimum atomic E-state index is -1.59. The molecule has 0 bridgehead atoms. The fraction of sp³-hybridized carbons (Fsp3) is 0.833. The van der Waals surface area contributed by atoms with E-state index in [1.165, 1.54) is 0 Å². The topological polar surface area (TPSA) is 66.8 Å². The molecule has 0 aromatic heterocycles. The molecule has 0 aliphatic carbocycles. The molecule has 0 saturated heterocycles. The quantitative estimate of drug-likeness (QED) is 0.332. The van der Waals surface area contributed by atoms with Crippen LogP contribution < -0.4 is 0 Å². The van der Waals surface area contributed by atoms with Gasteiger partial charge in [0.05, 0.1) is 12.9 Å². The molecule has 64 valence electrons. The van der Waals surface area contributed by atoms with Crippen molar-refractivity contribution < 1.29 is 19.6 Å². The van der Waals surface area contributed by atoms with Crippen molar-refractivity contribution in [2.45, 2.75) is 26.1 Å². The fourth-order valence-corrected chi connectivity index (χ4v) is 0.538. The highest BCUT2D eigenvalue weighted by molar-refractivity contribution is 6.45. The first-order valence-electron chi connectivity index (χ1n) is 3.68. The lowest BCUT2D eigenvalue weighted by atomic mass is 9.87. The van der Waals surface area contributed by atoms with Gasteiger partial charge in [-0.15, -0.1) is 0 Å². The van der Waals surface area contributed by atoms with E-state index < -0.39 is 13.1 Å². The third-order valence-corrected chi connectivity index (χ3v) is 1.11. The van der Waals surface area contributed by atoms with E-state index in [1.54, 1.807) is 0 Å². The van der Waals surface area contributed by atoms with E-state index in [1.807, 2.05) is 6.92 Å². The lowest BCUT2D eigenvalue weighted by Crippen LogP contribution is -2.18. The lowest BCUT2D eigenvalue weighted by Gasteiger charge is -2.01. The Kier molecular flexibility index (Phi) is 5.88. The molecule has 4 nitrogen and oxygen atoms in total. The SMILES string of the molecule is CCCCOC(=O)CB(O)O. The average molecular weight is 160 g/mol. The first kappa shape index (κ1) is 10.5. The minimum absolute atomic E-state index is 0.344. The van der Waals surface area contributed by atoms with E-state index in [0.29, 0.717) is 6.61 Å². The summed E-state index contributed by atoms with van der Waals surface area (Å²) in [6.45, 7) is 2.34. The van der Waals surface area contributed by atoms with Gasteiger partial charge in [0.2, 0.25) is 0 Å². The summed E-state index contributed by atoms with van der Waals surface area (Å²) in [6.07, 6.45) is 1.42. The summed E-state index contributed by atoms with van der Waals surface area (Å²) in [5.74, 6) is -0.562. The van der Waals surface area contributed by atoms with Gasteiger partial charge in [-0.2, -0.15) is 0 Å². The van der Waals surface area contributed by atoms with Crippen LogP contribution in [0.5, 0.6) is 0 Å². The third-order valence-electron chi connectivity index (χ3n) is 1.11. The van der Waals surface area contributed by atoms with Gasteiger partial charge < -0.3 is 14.8 Å². The summed E-state index contributed by atoms with van der Waals surface area (Å²) < 4.78 is 4.63.